The van der Waals surface area contributed by atoms with E-state index in [1.807, 2.05) is 11.8 Å². The van der Waals surface area contributed by atoms with Crippen LogP contribution in [-0.4, -0.2) is 55.6 Å². The third-order valence-corrected chi connectivity index (χ3v) is 4.26. The highest BCUT2D eigenvalue weighted by molar-refractivity contribution is 7.99. The Morgan fingerprint density at radius 1 is 1.52 bits per heavy atom. The van der Waals surface area contributed by atoms with Gasteiger partial charge in [-0.3, -0.25) is 4.79 Å². The van der Waals surface area contributed by atoms with Crippen LogP contribution in [0.4, 0.5) is 0 Å². The first-order valence-corrected chi connectivity index (χ1v) is 7.92. The highest BCUT2D eigenvalue weighted by atomic mass is 32.2. The van der Waals surface area contributed by atoms with Crippen molar-refractivity contribution >= 4 is 17.7 Å². The summed E-state index contributed by atoms with van der Waals surface area (Å²) < 4.78 is 15.8. The summed E-state index contributed by atoms with van der Waals surface area (Å²) in [5, 5.41) is 2.75. The van der Waals surface area contributed by atoms with Crippen LogP contribution in [0, 0.1) is 0 Å². The molecule has 0 aromatic carbocycles. The highest BCUT2D eigenvalue weighted by Crippen LogP contribution is 2.22. The molecule has 0 saturated carbocycles. The van der Waals surface area contributed by atoms with Crippen LogP contribution in [0.3, 0.4) is 0 Å². The van der Waals surface area contributed by atoms with Crippen molar-refractivity contribution in [1.82, 2.24) is 10.3 Å². The van der Waals surface area contributed by atoms with E-state index in [4.69, 9.17) is 14.2 Å². The minimum atomic E-state index is -0.456. The Kier molecular flexibility index (Phi) is 6.28. The monoisotopic (exact) mass is 312 g/mol. The van der Waals surface area contributed by atoms with Gasteiger partial charge in [0.15, 0.2) is 6.29 Å². The predicted molar refractivity (Wildman–Crippen MR) is 80.7 cm³/mol. The van der Waals surface area contributed by atoms with Crippen molar-refractivity contribution < 1.29 is 19.0 Å². The summed E-state index contributed by atoms with van der Waals surface area (Å²) in [5.74, 6) is 2.37. The van der Waals surface area contributed by atoms with Crippen molar-refractivity contribution in [3.05, 3.63) is 23.9 Å². The number of nitrogens with one attached hydrogen (secondary N) is 1. The lowest BCUT2D eigenvalue weighted by molar-refractivity contribution is -0.0974. The Morgan fingerprint density at radius 2 is 2.33 bits per heavy atom. The molecule has 116 valence electrons. The van der Waals surface area contributed by atoms with Crippen molar-refractivity contribution in [1.29, 1.82) is 0 Å². The number of nitrogens with zero attached hydrogens (tertiary/aromatic N) is 1. The molecule has 0 bridgehead atoms. The lowest BCUT2D eigenvalue weighted by Crippen LogP contribution is -2.34. The third kappa shape index (κ3) is 4.87. The number of carbonyl (C=O) groups excluding carboxylic acids is 1. The van der Waals surface area contributed by atoms with Crippen molar-refractivity contribution in [2.24, 2.45) is 0 Å². The fourth-order valence-electron chi connectivity index (χ4n) is 1.93. The first-order chi connectivity index (χ1) is 10.2. The van der Waals surface area contributed by atoms with Crippen LogP contribution in [0.25, 0.3) is 0 Å². The van der Waals surface area contributed by atoms with E-state index in [0.717, 1.165) is 17.9 Å². The van der Waals surface area contributed by atoms with Gasteiger partial charge in [-0.15, -0.1) is 0 Å². The molecular weight excluding hydrogens is 292 g/mol. The second kappa shape index (κ2) is 8.21. The zero-order valence-corrected chi connectivity index (χ0v) is 13.0. The standard InChI is InChI=1S/C14H20N2O4S/c1-18-13(19-2)8-16-14(17)10-3-5-15-12(7-10)20-11-4-6-21-9-11/h3,5,7,11,13H,4,6,8-9H2,1-2H3,(H,16,17). The van der Waals surface area contributed by atoms with Gasteiger partial charge in [-0.05, 0) is 18.2 Å². The summed E-state index contributed by atoms with van der Waals surface area (Å²) in [6, 6.07) is 3.31. The molecule has 0 aliphatic carbocycles. The van der Waals surface area contributed by atoms with Gasteiger partial charge in [0.1, 0.15) is 6.10 Å². The Morgan fingerprint density at radius 3 is 3.00 bits per heavy atom. The minimum Gasteiger partial charge on any atom is -0.473 e. The lowest BCUT2D eigenvalue weighted by atomic mass is 10.2. The van der Waals surface area contributed by atoms with Crippen LogP contribution < -0.4 is 10.1 Å². The predicted octanol–water partition coefficient (Wildman–Crippen LogP) is 1.31. The average Bonchev–Trinajstić information content (AvgIpc) is 3.01. The molecule has 6 nitrogen and oxygen atoms in total. The molecule has 1 aromatic heterocycles. The molecular formula is C14H20N2O4S. The van der Waals surface area contributed by atoms with Gasteiger partial charge in [0, 0.05) is 37.8 Å². The van der Waals surface area contributed by atoms with E-state index >= 15 is 0 Å². The number of pyridine rings is 1. The van der Waals surface area contributed by atoms with Crippen LogP contribution in [-0.2, 0) is 9.47 Å². The zero-order valence-electron chi connectivity index (χ0n) is 12.2. The summed E-state index contributed by atoms with van der Waals surface area (Å²) in [6.45, 7) is 0.281. The number of hydrogen-bond donors (Lipinski definition) is 1. The first-order valence-electron chi connectivity index (χ1n) is 6.77. The number of aromatic nitrogens is 1. The normalized spacial score (nSPS) is 18.0. The Hall–Kier alpha value is -1.31. The number of ether oxygens (including phenoxy) is 3. The van der Waals surface area contributed by atoms with E-state index in [9.17, 15) is 4.79 Å². The molecule has 2 rings (SSSR count). The number of rotatable bonds is 7. The van der Waals surface area contributed by atoms with E-state index in [0.29, 0.717) is 11.4 Å². The molecule has 1 aliphatic rings. The van der Waals surface area contributed by atoms with Crippen LogP contribution in [0.5, 0.6) is 5.88 Å². The van der Waals surface area contributed by atoms with E-state index in [1.54, 1.807) is 18.3 Å². The quantitative estimate of drug-likeness (QED) is 0.766. The zero-order chi connectivity index (χ0) is 15.1. The van der Waals surface area contributed by atoms with Gasteiger partial charge >= 0.3 is 0 Å². The second-order valence-electron chi connectivity index (χ2n) is 4.60. The van der Waals surface area contributed by atoms with Crippen molar-refractivity contribution in [2.45, 2.75) is 18.8 Å². The fourth-order valence-corrected chi connectivity index (χ4v) is 3.03. The average molecular weight is 312 g/mol. The fraction of sp³-hybridized carbons (Fsp3) is 0.571. The Labute approximate surface area is 128 Å². The first kappa shape index (κ1) is 16.1. The van der Waals surface area contributed by atoms with Gasteiger partial charge in [-0.25, -0.2) is 4.98 Å². The summed E-state index contributed by atoms with van der Waals surface area (Å²) >= 11 is 1.87. The summed E-state index contributed by atoms with van der Waals surface area (Å²) in [5.41, 5.74) is 0.511. The van der Waals surface area contributed by atoms with Crippen molar-refractivity contribution in [2.75, 3.05) is 32.3 Å². The highest BCUT2D eigenvalue weighted by Gasteiger charge is 2.18. The van der Waals surface area contributed by atoms with Gasteiger partial charge in [-0.1, -0.05) is 0 Å². The molecule has 1 atom stereocenters. The molecule has 1 N–H and O–H groups in total. The number of carbonyl (C=O) groups is 1. The molecule has 1 aliphatic heterocycles. The van der Waals surface area contributed by atoms with Crippen molar-refractivity contribution in [3.63, 3.8) is 0 Å². The Balaban J connectivity index is 1.91. The smallest absolute Gasteiger partial charge is 0.251 e. The molecule has 2 heterocycles. The van der Waals surface area contributed by atoms with E-state index in [1.165, 1.54) is 14.2 Å². The molecule has 0 radical (unpaired) electrons. The molecule has 1 amide bonds. The Bertz CT molecular complexity index is 462. The van der Waals surface area contributed by atoms with Crippen LogP contribution >= 0.6 is 11.8 Å². The number of thioether (sulfide) groups is 1. The maximum atomic E-state index is 12.1. The van der Waals surface area contributed by atoms with Crippen molar-refractivity contribution in [3.8, 4) is 5.88 Å². The van der Waals surface area contributed by atoms with Gasteiger partial charge in [-0.2, -0.15) is 11.8 Å². The maximum absolute atomic E-state index is 12.1. The summed E-state index contributed by atoms with van der Waals surface area (Å²) in [7, 11) is 3.05. The molecule has 7 heteroatoms. The molecule has 1 fully saturated rings. The molecule has 1 saturated heterocycles. The van der Waals surface area contributed by atoms with Gasteiger partial charge in [0.25, 0.3) is 5.91 Å². The van der Waals surface area contributed by atoms with E-state index in [-0.39, 0.29) is 18.6 Å². The molecule has 1 aromatic rings. The lowest BCUT2D eigenvalue weighted by Gasteiger charge is -2.15. The minimum absolute atomic E-state index is 0.187. The van der Waals surface area contributed by atoms with Gasteiger partial charge in [0.05, 0.1) is 6.54 Å². The summed E-state index contributed by atoms with van der Waals surface area (Å²) in [6.07, 6.45) is 2.33. The third-order valence-electron chi connectivity index (χ3n) is 3.13. The van der Waals surface area contributed by atoms with Crippen LogP contribution in [0.1, 0.15) is 16.8 Å². The molecule has 1 unspecified atom stereocenters. The maximum Gasteiger partial charge on any atom is 0.251 e. The molecule has 21 heavy (non-hydrogen) atoms. The number of amides is 1. The van der Waals surface area contributed by atoms with E-state index < -0.39 is 6.29 Å². The van der Waals surface area contributed by atoms with Crippen LogP contribution in [0.2, 0.25) is 0 Å². The second-order valence-corrected chi connectivity index (χ2v) is 5.75. The largest absolute Gasteiger partial charge is 0.473 e. The van der Waals surface area contributed by atoms with Crippen LogP contribution in [0.15, 0.2) is 18.3 Å². The molecule has 0 spiro atoms. The van der Waals surface area contributed by atoms with Gasteiger partial charge < -0.3 is 19.5 Å². The topological polar surface area (TPSA) is 69.7 Å². The summed E-state index contributed by atoms with van der Waals surface area (Å²) in [4.78, 5) is 16.2. The van der Waals surface area contributed by atoms with E-state index in [2.05, 4.69) is 10.3 Å². The SMILES string of the molecule is COC(CNC(=O)c1ccnc(OC2CCSC2)c1)OC. The van der Waals surface area contributed by atoms with Gasteiger partial charge in [0.2, 0.25) is 5.88 Å². The number of methoxy groups -OCH3 is 2. The number of hydrogen-bond acceptors (Lipinski definition) is 6.